The number of rotatable bonds is 6. The number of halogens is 2. The number of Topliss-reactive ketones (excluding diaryl/α,β-unsaturated/α-hetero) is 1. The van der Waals surface area contributed by atoms with Crippen molar-refractivity contribution in [1.82, 2.24) is 9.88 Å². The van der Waals surface area contributed by atoms with Crippen LogP contribution in [-0.4, -0.2) is 29.3 Å². The van der Waals surface area contributed by atoms with Gasteiger partial charge in [0.25, 0.3) is 0 Å². The van der Waals surface area contributed by atoms with E-state index in [9.17, 15) is 9.18 Å². The summed E-state index contributed by atoms with van der Waals surface area (Å²) in [4.78, 5) is 19.0. The molecule has 4 nitrogen and oxygen atoms in total. The average molecular weight is 559 g/mol. The first-order chi connectivity index (χ1) is 17.9. The van der Waals surface area contributed by atoms with Crippen molar-refractivity contribution < 1.29 is 13.6 Å². The van der Waals surface area contributed by atoms with Crippen molar-refractivity contribution in [2.24, 2.45) is 11.3 Å². The van der Waals surface area contributed by atoms with Crippen LogP contribution in [0.1, 0.15) is 98.2 Å². The number of fused-ring (bicyclic) bond motifs is 1. The Morgan fingerprint density at radius 3 is 2.10 bits per heavy atom. The van der Waals surface area contributed by atoms with Gasteiger partial charge in [-0.1, -0.05) is 106 Å². The van der Waals surface area contributed by atoms with Gasteiger partial charge in [0, 0.05) is 36.7 Å². The maximum atomic E-state index is 13.9. The van der Waals surface area contributed by atoms with Crippen LogP contribution in [0.3, 0.4) is 0 Å². The molecule has 0 amide bonds. The van der Waals surface area contributed by atoms with Gasteiger partial charge in [0.05, 0.1) is 10.7 Å². The van der Waals surface area contributed by atoms with Crippen LogP contribution in [0.25, 0.3) is 22.4 Å². The maximum absolute atomic E-state index is 13.9. The molecule has 0 radical (unpaired) electrons. The summed E-state index contributed by atoms with van der Waals surface area (Å²) < 4.78 is 19.8. The van der Waals surface area contributed by atoms with E-state index in [2.05, 4.69) is 71.9 Å². The van der Waals surface area contributed by atoms with E-state index in [0.717, 1.165) is 12.1 Å². The number of ketones is 1. The van der Waals surface area contributed by atoms with Gasteiger partial charge in [-0.2, -0.15) is 0 Å². The normalized spacial score (nSPS) is 11.4. The number of hydrogen-bond donors (Lipinski definition) is 0. The molecule has 0 aliphatic rings. The molecular weight excluding hydrogens is 511 g/mol. The van der Waals surface area contributed by atoms with Crippen molar-refractivity contribution in [2.75, 3.05) is 13.6 Å². The highest BCUT2D eigenvalue weighted by molar-refractivity contribution is 6.30. The fourth-order valence-corrected chi connectivity index (χ4v) is 3.72. The minimum Gasteiger partial charge on any atom is -0.451 e. The maximum Gasteiger partial charge on any atom is 0.200 e. The predicted octanol–water partition coefficient (Wildman–Crippen LogP) is 10.3. The third-order valence-corrected chi connectivity index (χ3v) is 6.11. The van der Waals surface area contributed by atoms with Gasteiger partial charge in [-0.25, -0.2) is 9.37 Å². The van der Waals surface area contributed by atoms with Crippen LogP contribution in [0.2, 0.25) is 5.02 Å². The standard InChI is InChI=1S/C21H21ClFNO2.C8H17N.C4H10/c1-11(2)19(25)18-10-17-20(26-18)13(21(3,4)5)9-16(24-17)12-6-7-14(22)15(23)8-12;1-6-9(5)7-8(2,3)4;1-3-4-2/h6-11H,1-5H3;6H,1,7H2,2-5H3;3-4H2,1-2H3. The molecule has 0 saturated carbocycles. The van der Waals surface area contributed by atoms with E-state index in [1.807, 2.05) is 33.2 Å². The summed E-state index contributed by atoms with van der Waals surface area (Å²) in [5, 5.41) is 0.0685. The van der Waals surface area contributed by atoms with Gasteiger partial charge in [-0.15, -0.1) is 0 Å². The zero-order valence-corrected chi connectivity index (χ0v) is 26.6. The Balaban J connectivity index is 0.000000489. The molecule has 0 bridgehead atoms. The molecule has 2 aromatic heterocycles. The molecule has 0 saturated heterocycles. The number of carbonyl (C=O) groups is 1. The lowest BCUT2D eigenvalue weighted by atomic mass is 9.86. The second kappa shape index (κ2) is 14.6. The molecule has 0 N–H and O–H groups in total. The lowest BCUT2D eigenvalue weighted by molar-refractivity contribution is 0.0913. The van der Waals surface area contributed by atoms with E-state index >= 15 is 0 Å². The van der Waals surface area contributed by atoms with Crippen molar-refractivity contribution in [3.8, 4) is 11.3 Å². The van der Waals surface area contributed by atoms with Crippen LogP contribution >= 0.6 is 11.6 Å². The van der Waals surface area contributed by atoms with Crippen LogP contribution in [0.15, 0.2) is 47.5 Å². The summed E-state index contributed by atoms with van der Waals surface area (Å²) in [5.74, 6) is -0.431. The van der Waals surface area contributed by atoms with E-state index in [1.54, 1.807) is 12.1 Å². The van der Waals surface area contributed by atoms with Crippen LogP contribution in [0, 0.1) is 17.2 Å². The number of nitrogens with zero attached hydrogens (tertiary/aromatic N) is 2. The Morgan fingerprint density at radius 1 is 1.10 bits per heavy atom. The summed E-state index contributed by atoms with van der Waals surface area (Å²) in [7, 11) is 2.04. The Hall–Kier alpha value is -2.66. The predicted molar refractivity (Wildman–Crippen MR) is 165 cm³/mol. The van der Waals surface area contributed by atoms with Gasteiger partial charge in [-0.05, 0) is 35.2 Å². The summed E-state index contributed by atoms with van der Waals surface area (Å²) in [6.45, 7) is 25.6. The van der Waals surface area contributed by atoms with Crippen molar-refractivity contribution in [1.29, 1.82) is 0 Å². The van der Waals surface area contributed by atoms with E-state index in [4.69, 9.17) is 16.0 Å². The van der Waals surface area contributed by atoms with Crippen molar-refractivity contribution in [3.05, 3.63) is 65.3 Å². The molecule has 216 valence electrons. The summed E-state index contributed by atoms with van der Waals surface area (Å²) in [6, 6.07) is 8.16. The SMILES string of the molecule is C=CN(C)CC(C)(C)C.CC(C)C(=O)c1cc2nc(-c3ccc(Cl)c(F)c3)cc(C(C)(C)C)c2o1.CCCC. The molecular formula is C33H48ClFN2O2. The van der Waals surface area contributed by atoms with E-state index in [-0.39, 0.29) is 22.1 Å². The molecule has 1 aromatic carbocycles. The minimum atomic E-state index is -0.494. The highest BCUT2D eigenvalue weighted by Gasteiger charge is 2.25. The Labute approximate surface area is 240 Å². The van der Waals surface area contributed by atoms with Crippen LogP contribution in [0.4, 0.5) is 4.39 Å². The quantitative estimate of drug-likeness (QED) is 0.282. The van der Waals surface area contributed by atoms with Crippen molar-refractivity contribution >= 4 is 28.5 Å². The summed E-state index contributed by atoms with van der Waals surface area (Å²) in [6.07, 6.45) is 4.49. The smallest absolute Gasteiger partial charge is 0.200 e. The number of hydrogen-bond acceptors (Lipinski definition) is 4. The Kier molecular flexibility index (Phi) is 12.9. The molecule has 0 aliphatic heterocycles. The van der Waals surface area contributed by atoms with Gasteiger partial charge in [0.2, 0.25) is 5.78 Å². The largest absolute Gasteiger partial charge is 0.451 e. The molecule has 3 aromatic rings. The van der Waals surface area contributed by atoms with E-state index in [1.165, 1.54) is 25.0 Å². The molecule has 6 heteroatoms. The summed E-state index contributed by atoms with van der Waals surface area (Å²) in [5.41, 5.74) is 3.47. The zero-order chi connectivity index (χ0) is 30.1. The zero-order valence-electron chi connectivity index (χ0n) is 25.8. The molecule has 3 rings (SSSR count). The topological polar surface area (TPSA) is 46.3 Å². The molecule has 0 spiro atoms. The molecule has 39 heavy (non-hydrogen) atoms. The second-order valence-corrected chi connectivity index (χ2v) is 12.8. The molecule has 0 unspecified atom stereocenters. The van der Waals surface area contributed by atoms with E-state index < -0.39 is 5.82 Å². The second-order valence-electron chi connectivity index (χ2n) is 12.4. The Morgan fingerprint density at radius 2 is 1.69 bits per heavy atom. The number of benzene rings is 1. The third-order valence-electron chi connectivity index (χ3n) is 5.81. The lowest BCUT2D eigenvalue weighted by Crippen LogP contribution is -2.24. The molecule has 0 fully saturated rings. The highest BCUT2D eigenvalue weighted by atomic mass is 35.5. The minimum absolute atomic E-state index is 0.0676. The van der Waals surface area contributed by atoms with Gasteiger partial charge < -0.3 is 9.32 Å². The Bertz CT molecular complexity index is 1230. The van der Waals surface area contributed by atoms with Gasteiger partial charge >= 0.3 is 0 Å². The molecule has 0 atom stereocenters. The first-order valence-electron chi connectivity index (χ1n) is 13.7. The number of carbonyl (C=O) groups excluding carboxylic acids is 1. The monoisotopic (exact) mass is 558 g/mol. The number of aromatic nitrogens is 1. The fourth-order valence-electron chi connectivity index (χ4n) is 3.60. The fraction of sp³-hybridized carbons (Fsp3) is 0.515. The first-order valence-corrected chi connectivity index (χ1v) is 14.1. The highest BCUT2D eigenvalue weighted by Crippen LogP contribution is 2.35. The number of furan rings is 1. The van der Waals surface area contributed by atoms with Crippen molar-refractivity contribution in [2.45, 2.75) is 87.5 Å². The summed E-state index contributed by atoms with van der Waals surface area (Å²) >= 11 is 5.79. The molecule has 2 heterocycles. The van der Waals surface area contributed by atoms with Crippen LogP contribution in [-0.2, 0) is 5.41 Å². The average Bonchev–Trinajstić information content (AvgIpc) is 3.27. The van der Waals surface area contributed by atoms with Crippen LogP contribution < -0.4 is 0 Å². The van der Waals surface area contributed by atoms with Gasteiger partial charge in [-0.3, -0.25) is 4.79 Å². The van der Waals surface area contributed by atoms with Crippen molar-refractivity contribution in [3.63, 3.8) is 0 Å². The third kappa shape index (κ3) is 10.8. The van der Waals surface area contributed by atoms with Gasteiger partial charge in [0.1, 0.15) is 11.3 Å². The molecule has 0 aliphatic carbocycles. The van der Waals surface area contributed by atoms with Gasteiger partial charge in [0.15, 0.2) is 11.3 Å². The number of pyridine rings is 1. The lowest BCUT2D eigenvalue weighted by Gasteiger charge is -2.24. The van der Waals surface area contributed by atoms with Crippen LogP contribution in [0.5, 0.6) is 0 Å². The van der Waals surface area contributed by atoms with E-state index in [0.29, 0.717) is 33.5 Å². The number of unbranched alkanes of at least 4 members (excludes halogenated alkanes) is 1. The first kappa shape index (κ1) is 34.4.